The van der Waals surface area contributed by atoms with Crippen molar-refractivity contribution in [3.8, 4) is 11.1 Å². The number of likely N-dealkylation sites (N-methyl/N-ethyl adjacent to an activating group) is 1. The van der Waals surface area contributed by atoms with Gasteiger partial charge in [-0.15, -0.1) is 0 Å². The summed E-state index contributed by atoms with van der Waals surface area (Å²) < 4.78 is 7.22. The average Bonchev–Trinajstić information content (AvgIpc) is 3.04. The van der Waals surface area contributed by atoms with E-state index < -0.39 is 0 Å². The second kappa shape index (κ2) is 10.00. The van der Waals surface area contributed by atoms with Gasteiger partial charge >= 0.3 is 0 Å². The maximum atomic E-state index is 13.4. The largest absolute Gasteiger partial charge is 0.396 e. The number of aliphatic hydroxyl groups is 1. The van der Waals surface area contributed by atoms with Gasteiger partial charge in [-0.25, -0.2) is 0 Å². The molecule has 3 aliphatic heterocycles. The minimum absolute atomic E-state index is 0.0324. The van der Waals surface area contributed by atoms with E-state index in [1.54, 1.807) is 0 Å². The molecule has 8 nitrogen and oxygen atoms in total. The number of amides is 1. The third-order valence-electron chi connectivity index (χ3n) is 7.79. The molecule has 1 aromatic heterocycles. The quantitative estimate of drug-likeness (QED) is 0.591. The molecule has 4 atom stereocenters. The number of hydrogen-bond donors (Lipinski definition) is 2. The third kappa shape index (κ3) is 4.20. The fraction of sp³-hybridized carbons (Fsp3) is 0.538. The maximum absolute atomic E-state index is 13.4. The van der Waals surface area contributed by atoms with Crippen LogP contribution in [-0.4, -0.2) is 84.5 Å². The number of benzene rings is 1. The number of hydrogen-bond acceptors (Lipinski definition) is 6. The molecule has 2 N–H and O–H groups in total. The molecule has 34 heavy (non-hydrogen) atoms. The van der Waals surface area contributed by atoms with Crippen molar-refractivity contribution in [3.63, 3.8) is 0 Å². The molecule has 3 aliphatic rings. The molecule has 8 heteroatoms. The Morgan fingerprint density at radius 2 is 1.91 bits per heavy atom. The number of nitrogens with zero attached hydrogens (tertiary/aromatic N) is 3. The van der Waals surface area contributed by atoms with E-state index >= 15 is 0 Å². The highest BCUT2D eigenvalue weighted by Gasteiger charge is 2.54. The summed E-state index contributed by atoms with van der Waals surface area (Å²) in [7, 11) is 2.00. The zero-order valence-corrected chi connectivity index (χ0v) is 19.7. The van der Waals surface area contributed by atoms with Gasteiger partial charge < -0.3 is 19.7 Å². The van der Waals surface area contributed by atoms with Crippen molar-refractivity contribution >= 4 is 5.91 Å². The first-order chi connectivity index (χ1) is 16.6. The molecule has 0 unspecified atom stereocenters. The van der Waals surface area contributed by atoms with Gasteiger partial charge in [0.05, 0.1) is 25.2 Å². The number of aromatic nitrogens is 1. The molecule has 4 heterocycles. The molecule has 2 saturated heterocycles. The normalized spacial score (nSPS) is 26.9. The zero-order chi connectivity index (χ0) is 23.7. The van der Waals surface area contributed by atoms with Crippen molar-refractivity contribution in [3.05, 3.63) is 58.5 Å². The fourth-order valence-corrected chi connectivity index (χ4v) is 5.99. The molecule has 0 aliphatic carbocycles. The Hall–Kier alpha value is -2.52. The van der Waals surface area contributed by atoms with E-state index in [1.807, 2.05) is 54.1 Å². The minimum Gasteiger partial charge on any atom is -0.396 e. The number of morpholine rings is 1. The molecule has 0 radical (unpaired) electrons. The predicted molar refractivity (Wildman–Crippen MR) is 129 cm³/mol. The number of pyridine rings is 1. The molecule has 0 saturated carbocycles. The fourth-order valence-electron chi connectivity index (χ4n) is 5.99. The zero-order valence-electron chi connectivity index (χ0n) is 19.7. The smallest absolute Gasteiger partial charge is 0.258 e. The summed E-state index contributed by atoms with van der Waals surface area (Å²) in [5.74, 6) is -0.638. The SMILES string of the molecule is CN1[C@@H]2c3ccc(-c4ccccc4)c(=O)n3C[C@H]1[C@H](CO)[C@H]2C(=O)NCCCN1CCOCC1. The Morgan fingerprint density at radius 3 is 2.65 bits per heavy atom. The van der Waals surface area contributed by atoms with Crippen LogP contribution in [0.25, 0.3) is 11.1 Å². The summed E-state index contributed by atoms with van der Waals surface area (Å²) in [5.41, 5.74) is 2.38. The number of ether oxygens (including phenoxy) is 1. The van der Waals surface area contributed by atoms with Gasteiger partial charge in [-0.05, 0) is 37.7 Å². The van der Waals surface area contributed by atoms with E-state index in [1.165, 1.54) is 0 Å². The molecule has 1 aromatic carbocycles. The van der Waals surface area contributed by atoms with Gasteiger partial charge in [0.15, 0.2) is 0 Å². The highest BCUT2D eigenvalue weighted by molar-refractivity contribution is 5.80. The molecule has 5 rings (SSSR count). The van der Waals surface area contributed by atoms with Crippen LogP contribution in [0.1, 0.15) is 18.2 Å². The Labute approximate surface area is 200 Å². The third-order valence-corrected chi connectivity index (χ3v) is 7.79. The standard InChI is InChI=1S/C26H34N4O4/c1-28-22-16-30-21(9-8-19(26(30)33)18-6-3-2-4-7-18)24(28)23(20(22)17-31)25(32)27-10-5-11-29-12-14-34-15-13-29/h2-4,6-9,20,22-24,31H,5,10-17H2,1H3,(H,27,32)/t20-,22-,23+,24+/m0/s1. The van der Waals surface area contributed by atoms with Gasteiger partial charge in [-0.1, -0.05) is 30.3 Å². The highest BCUT2D eigenvalue weighted by atomic mass is 16.5. The summed E-state index contributed by atoms with van der Waals surface area (Å²) in [4.78, 5) is 31.3. The maximum Gasteiger partial charge on any atom is 0.258 e. The molecule has 182 valence electrons. The van der Waals surface area contributed by atoms with Gasteiger partial charge in [0.25, 0.3) is 5.56 Å². The number of aliphatic hydroxyl groups excluding tert-OH is 1. The second-order valence-corrected chi connectivity index (χ2v) is 9.60. The first-order valence-corrected chi connectivity index (χ1v) is 12.3. The summed E-state index contributed by atoms with van der Waals surface area (Å²) in [5, 5.41) is 13.4. The number of nitrogens with one attached hydrogen (secondary N) is 1. The van der Waals surface area contributed by atoms with Crippen molar-refractivity contribution in [2.24, 2.45) is 11.8 Å². The summed E-state index contributed by atoms with van der Waals surface area (Å²) in [6.07, 6.45) is 0.878. The Balaban J connectivity index is 1.34. The van der Waals surface area contributed by atoms with Crippen LogP contribution in [0.4, 0.5) is 0 Å². The van der Waals surface area contributed by atoms with E-state index in [4.69, 9.17) is 4.74 Å². The lowest BCUT2D eigenvalue weighted by molar-refractivity contribution is -0.127. The number of carbonyl (C=O) groups excluding carboxylic acids is 1. The molecule has 0 spiro atoms. The summed E-state index contributed by atoms with van der Waals surface area (Å²) in [6.45, 7) is 5.36. The molecule has 2 fully saturated rings. The summed E-state index contributed by atoms with van der Waals surface area (Å²) >= 11 is 0. The van der Waals surface area contributed by atoms with Crippen LogP contribution in [0.5, 0.6) is 0 Å². The van der Waals surface area contributed by atoms with Crippen molar-refractivity contribution in [1.82, 2.24) is 19.7 Å². The number of carbonyl (C=O) groups is 1. The predicted octanol–water partition coefficient (Wildman–Crippen LogP) is 0.947. The molecule has 2 bridgehead atoms. The number of fused-ring (bicyclic) bond motifs is 4. The van der Waals surface area contributed by atoms with Crippen LogP contribution in [0.15, 0.2) is 47.3 Å². The van der Waals surface area contributed by atoms with Crippen LogP contribution in [0.3, 0.4) is 0 Å². The van der Waals surface area contributed by atoms with Crippen molar-refractivity contribution in [2.75, 3.05) is 53.0 Å². The topological polar surface area (TPSA) is 87.0 Å². The van der Waals surface area contributed by atoms with Crippen LogP contribution >= 0.6 is 0 Å². The monoisotopic (exact) mass is 466 g/mol. The van der Waals surface area contributed by atoms with Crippen molar-refractivity contribution in [1.29, 1.82) is 0 Å². The van der Waals surface area contributed by atoms with E-state index in [0.717, 1.165) is 50.5 Å². The van der Waals surface area contributed by atoms with E-state index in [-0.39, 0.29) is 42.0 Å². The van der Waals surface area contributed by atoms with E-state index in [9.17, 15) is 14.7 Å². The lowest BCUT2D eigenvalue weighted by Gasteiger charge is -2.35. The molecule has 1 amide bonds. The molecule has 2 aromatic rings. The van der Waals surface area contributed by atoms with Crippen molar-refractivity contribution < 1.29 is 14.6 Å². The highest BCUT2D eigenvalue weighted by Crippen LogP contribution is 2.47. The first-order valence-electron chi connectivity index (χ1n) is 12.3. The van der Waals surface area contributed by atoms with Crippen LogP contribution in [-0.2, 0) is 16.1 Å². The average molecular weight is 467 g/mol. The van der Waals surface area contributed by atoms with Crippen molar-refractivity contribution in [2.45, 2.75) is 25.0 Å². The van der Waals surface area contributed by atoms with Gasteiger partial charge in [-0.2, -0.15) is 0 Å². The lowest BCUT2D eigenvalue weighted by atomic mass is 9.86. The second-order valence-electron chi connectivity index (χ2n) is 9.60. The lowest BCUT2D eigenvalue weighted by Crippen LogP contribution is -2.44. The first kappa shape index (κ1) is 23.2. The number of rotatable bonds is 7. The Bertz CT molecular complexity index is 1070. The van der Waals surface area contributed by atoms with Gasteiger partial charge in [0.1, 0.15) is 0 Å². The minimum atomic E-state index is -0.390. The van der Waals surface area contributed by atoms with Gasteiger partial charge in [0, 0.05) is 56.0 Å². The van der Waals surface area contributed by atoms with Crippen LogP contribution in [0, 0.1) is 11.8 Å². The Morgan fingerprint density at radius 1 is 1.15 bits per heavy atom. The van der Waals surface area contributed by atoms with Gasteiger partial charge in [0.2, 0.25) is 5.91 Å². The Kier molecular flexibility index (Phi) is 6.83. The van der Waals surface area contributed by atoms with Crippen LogP contribution < -0.4 is 10.9 Å². The molecular weight excluding hydrogens is 432 g/mol. The molecular formula is C26H34N4O4. The van der Waals surface area contributed by atoms with Gasteiger partial charge in [-0.3, -0.25) is 19.4 Å². The summed E-state index contributed by atoms with van der Waals surface area (Å²) in [6, 6.07) is 13.2. The van der Waals surface area contributed by atoms with E-state index in [2.05, 4.69) is 15.1 Å². The van der Waals surface area contributed by atoms with E-state index in [0.29, 0.717) is 18.7 Å². The van der Waals surface area contributed by atoms with Crippen LogP contribution in [0.2, 0.25) is 0 Å².